The number of primary amides is 1. The molecule has 2 aromatic rings. The number of pyridine rings is 1. The Morgan fingerprint density at radius 2 is 1.95 bits per heavy atom. The number of nitrogens with two attached hydrogens (primary N) is 1. The number of hydrogen-bond acceptors (Lipinski definition) is 2. The molecule has 0 atom stereocenters. The van der Waals surface area contributed by atoms with Crippen LogP contribution in [0.2, 0.25) is 0 Å². The van der Waals surface area contributed by atoms with Gasteiger partial charge in [-0.05, 0) is 38.5 Å². The van der Waals surface area contributed by atoms with Crippen molar-refractivity contribution in [2.24, 2.45) is 5.73 Å². The maximum absolute atomic E-state index is 12.2. The van der Waals surface area contributed by atoms with Gasteiger partial charge in [0.2, 0.25) is 0 Å². The molecule has 5 heteroatoms. The van der Waals surface area contributed by atoms with Crippen LogP contribution in [0.3, 0.4) is 0 Å². The Hall–Kier alpha value is -1.81. The number of aryl methyl sites for hydroxylation is 1. The van der Waals surface area contributed by atoms with Crippen molar-refractivity contribution in [3.05, 3.63) is 45.7 Å². The number of fused-ring (bicyclic) bond motifs is 1. The summed E-state index contributed by atoms with van der Waals surface area (Å²) in [7, 11) is 0. The highest BCUT2D eigenvalue weighted by atomic mass is 35.5. The topological polar surface area (TPSA) is 65.1 Å². The molecule has 2 rings (SSSR count). The number of carbonyl (C=O) groups excluding carboxylic acids is 1. The SMILES string of the molecule is Cc1cccc2c1cc(C(N)=O)c(=O)n2C(C)C.Cl. The van der Waals surface area contributed by atoms with Crippen molar-refractivity contribution in [3.8, 4) is 0 Å². The summed E-state index contributed by atoms with van der Waals surface area (Å²) < 4.78 is 1.61. The molecule has 0 spiro atoms. The van der Waals surface area contributed by atoms with E-state index in [1.54, 1.807) is 10.6 Å². The fraction of sp³-hybridized carbons (Fsp3) is 0.286. The molecule has 1 amide bonds. The van der Waals surface area contributed by atoms with Crippen molar-refractivity contribution in [1.29, 1.82) is 0 Å². The number of amides is 1. The van der Waals surface area contributed by atoms with Crippen LogP contribution in [-0.2, 0) is 0 Å². The summed E-state index contributed by atoms with van der Waals surface area (Å²) >= 11 is 0. The Balaban J connectivity index is 0.00000180. The van der Waals surface area contributed by atoms with Gasteiger partial charge in [-0.1, -0.05) is 12.1 Å². The number of rotatable bonds is 2. The van der Waals surface area contributed by atoms with Crippen LogP contribution in [0.4, 0.5) is 0 Å². The van der Waals surface area contributed by atoms with E-state index in [0.29, 0.717) is 0 Å². The molecule has 1 heterocycles. The first-order valence-corrected chi connectivity index (χ1v) is 5.88. The Labute approximate surface area is 117 Å². The van der Waals surface area contributed by atoms with Gasteiger partial charge in [0, 0.05) is 11.4 Å². The summed E-state index contributed by atoms with van der Waals surface area (Å²) in [6, 6.07) is 7.30. The van der Waals surface area contributed by atoms with Gasteiger partial charge in [0.1, 0.15) is 5.56 Å². The van der Waals surface area contributed by atoms with E-state index < -0.39 is 5.91 Å². The van der Waals surface area contributed by atoms with Gasteiger partial charge in [0.05, 0.1) is 5.52 Å². The van der Waals surface area contributed by atoms with Gasteiger partial charge in [-0.3, -0.25) is 9.59 Å². The maximum Gasteiger partial charge on any atom is 0.264 e. The molecular formula is C14H17ClN2O2. The summed E-state index contributed by atoms with van der Waals surface area (Å²) in [6.45, 7) is 5.77. The van der Waals surface area contributed by atoms with E-state index in [4.69, 9.17) is 5.73 Å². The van der Waals surface area contributed by atoms with Gasteiger partial charge in [0.25, 0.3) is 11.5 Å². The van der Waals surface area contributed by atoms with Gasteiger partial charge < -0.3 is 10.3 Å². The predicted molar refractivity (Wildman–Crippen MR) is 79.1 cm³/mol. The van der Waals surface area contributed by atoms with Gasteiger partial charge >= 0.3 is 0 Å². The lowest BCUT2D eigenvalue weighted by Gasteiger charge is -2.16. The van der Waals surface area contributed by atoms with Crippen molar-refractivity contribution in [2.75, 3.05) is 0 Å². The molecule has 0 saturated carbocycles. The number of nitrogens with zero attached hydrogens (tertiary/aromatic N) is 1. The molecule has 4 nitrogen and oxygen atoms in total. The van der Waals surface area contributed by atoms with Crippen LogP contribution in [0.15, 0.2) is 29.1 Å². The average molecular weight is 281 g/mol. The van der Waals surface area contributed by atoms with E-state index in [1.165, 1.54) is 0 Å². The van der Waals surface area contributed by atoms with Crippen molar-refractivity contribution < 1.29 is 4.79 Å². The highest BCUT2D eigenvalue weighted by molar-refractivity contribution is 5.97. The molecule has 1 aromatic carbocycles. The number of hydrogen-bond donors (Lipinski definition) is 1. The minimum atomic E-state index is -0.681. The second kappa shape index (κ2) is 5.45. The number of benzene rings is 1. The third-order valence-corrected chi connectivity index (χ3v) is 3.08. The standard InChI is InChI=1S/C14H16N2O2.ClH/c1-8(2)16-12-6-4-5-9(3)10(12)7-11(13(15)17)14(16)18;/h4-8H,1-3H3,(H2,15,17);1H. The fourth-order valence-electron chi connectivity index (χ4n) is 2.20. The molecule has 2 N–H and O–H groups in total. The van der Waals surface area contributed by atoms with Crippen molar-refractivity contribution in [2.45, 2.75) is 26.8 Å². The second-order valence-electron chi connectivity index (χ2n) is 4.70. The first-order chi connectivity index (χ1) is 8.43. The molecule has 0 unspecified atom stereocenters. The van der Waals surface area contributed by atoms with E-state index >= 15 is 0 Å². The van der Waals surface area contributed by atoms with Crippen LogP contribution in [0.5, 0.6) is 0 Å². The van der Waals surface area contributed by atoms with E-state index in [9.17, 15) is 9.59 Å². The van der Waals surface area contributed by atoms with Crippen molar-refractivity contribution >= 4 is 29.2 Å². The lowest BCUT2D eigenvalue weighted by Crippen LogP contribution is -2.30. The highest BCUT2D eigenvalue weighted by Crippen LogP contribution is 2.20. The van der Waals surface area contributed by atoms with Crippen molar-refractivity contribution in [3.63, 3.8) is 0 Å². The lowest BCUT2D eigenvalue weighted by atomic mass is 10.1. The van der Waals surface area contributed by atoms with E-state index in [1.807, 2.05) is 39.0 Å². The number of carbonyl (C=O) groups is 1. The largest absolute Gasteiger partial charge is 0.365 e. The Morgan fingerprint density at radius 3 is 2.47 bits per heavy atom. The first kappa shape index (κ1) is 15.2. The van der Waals surface area contributed by atoms with Gasteiger partial charge in [-0.25, -0.2) is 0 Å². The minimum Gasteiger partial charge on any atom is -0.365 e. The van der Waals surface area contributed by atoms with Crippen LogP contribution in [0.25, 0.3) is 10.9 Å². The van der Waals surface area contributed by atoms with Crippen LogP contribution in [-0.4, -0.2) is 10.5 Å². The zero-order valence-corrected chi connectivity index (χ0v) is 12.0. The van der Waals surface area contributed by atoms with Crippen LogP contribution in [0, 0.1) is 6.92 Å². The van der Waals surface area contributed by atoms with E-state index in [2.05, 4.69) is 0 Å². The summed E-state index contributed by atoms with van der Waals surface area (Å²) in [6.07, 6.45) is 0. The molecule has 19 heavy (non-hydrogen) atoms. The second-order valence-corrected chi connectivity index (χ2v) is 4.70. The van der Waals surface area contributed by atoms with E-state index in [0.717, 1.165) is 16.5 Å². The smallest absolute Gasteiger partial charge is 0.264 e. The summed E-state index contributed by atoms with van der Waals surface area (Å²) in [5.41, 5.74) is 6.85. The normalized spacial score (nSPS) is 10.5. The average Bonchev–Trinajstić information content (AvgIpc) is 2.27. The highest BCUT2D eigenvalue weighted by Gasteiger charge is 2.15. The molecule has 0 saturated heterocycles. The van der Waals surface area contributed by atoms with Crippen molar-refractivity contribution in [1.82, 2.24) is 4.57 Å². The number of halogens is 1. The lowest BCUT2D eigenvalue weighted by molar-refractivity contribution is 0.0998. The van der Waals surface area contributed by atoms with Crippen LogP contribution in [0.1, 0.15) is 35.8 Å². The predicted octanol–water partition coefficient (Wildman–Crippen LogP) is 2.41. The summed E-state index contributed by atoms with van der Waals surface area (Å²) in [5, 5.41) is 0.889. The Bertz CT molecular complexity index is 690. The molecule has 102 valence electrons. The third-order valence-electron chi connectivity index (χ3n) is 3.08. The van der Waals surface area contributed by atoms with E-state index in [-0.39, 0.29) is 29.6 Å². The van der Waals surface area contributed by atoms with Gasteiger partial charge in [-0.2, -0.15) is 0 Å². The molecule has 1 aromatic heterocycles. The molecule has 0 aliphatic carbocycles. The summed E-state index contributed by atoms with van der Waals surface area (Å²) in [4.78, 5) is 23.6. The molecule has 0 aliphatic heterocycles. The fourth-order valence-corrected chi connectivity index (χ4v) is 2.20. The number of aromatic nitrogens is 1. The summed E-state index contributed by atoms with van der Waals surface area (Å²) in [5.74, 6) is -0.681. The molecule has 0 bridgehead atoms. The third kappa shape index (κ3) is 2.49. The van der Waals surface area contributed by atoms with Gasteiger partial charge in [-0.15, -0.1) is 12.4 Å². The Kier molecular flexibility index (Phi) is 4.37. The zero-order chi connectivity index (χ0) is 13.4. The van der Waals surface area contributed by atoms with Gasteiger partial charge in [0.15, 0.2) is 0 Å². The molecule has 0 radical (unpaired) electrons. The minimum absolute atomic E-state index is 0. The quantitative estimate of drug-likeness (QED) is 0.918. The monoisotopic (exact) mass is 280 g/mol. The molecule has 0 fully saturated rings. The first-order valence-electron chi connectivity index (χ1n) is 5.88. The molecule has 0 aliphatic rings. The van der Waals surface area contributed by atoms with Crippen LogP contribution >= 0.6 is 12.4 Å². The maximum atomic E-state index is 12.2. The Morgan fingerprint density at radius 1 is 1.32 bits per heavy atom. The zero-order valence-electron chi connectivity index (χ0n) is 11.1. The molecular weight excluding hydrogens is 264 g/mol. The van der Waals surface area contributed by atoms with Crippen LogP contribution < -0.4 is 11.3 Å².